The topological polar surface area (TPSA) is 146 Å². The largest absolute Gasteiger partial charge is 0.370 e. The normalized spacial score (nSPS) is 11.1. The van der Waals surface area contributed by atoms with E-state index in [1.54, 1.807) is 0 Å². The number of rotatable bonds is 2. The third-order valence-corrected chi connectivity index (χ3v) is 1.69. The predicted octanol–water partition coefficient (Wildman–Crippen LogP) is 0.0926. The molecule has 18 heavy (non-hydrogen) atoms. The number of nitrogens with two attached hydrogens (primary N) is 3. The van der Waals surface area contributed by atoms with Crippen molar-refractivity contribution in [2.24, 2.45) is 27.2 Å². The molecule has 10 heteroatoms. The zero-order valence-electron chi connectivity index (χ0n) is 8.80. The number of nitro groups is 1. The first-order chi connectivity index (χ1) is 8.31. The van der Waals surface area contributed by atoms with E-state index in [0.717, 1.165) is 0 Å². The van der Waals surface area contributed by atoms with Crippen molar-refractivity contribution < 1.29 is 13.7 Å². The number of nitro benzene ring substituents is 1. The highest BCUT2D eigenvalue weighted by Crippen LogP contribution is 2.29. The number of hydrogen-bond donors (Lipinski definition) is 3. The molecule has 0 aliphatic heterocycles. The van der Waals surface area contributed by atoms with Gasteiger partial charge in [-0.05, 0) is 0 Å². The van der Waals surface area contributed by atoms with Crippen LogP contribution < -0.4 is 17.2 Å². The van der Waals surface area contributed by atoms with Gasteiger partial charge in [0.1, 0.15) is 5.69 Å². The third kappa shape index (κ3) is 3.10. The summed E-state index contributed by atoms with van der Waals surface area (Å²) in [6.07, 6.45) is 0. The number of guanidine groups is 2. The summed E-state index contributed by atoms with van der Waals surface area (Å²) in [6, 6.07) is 0.902. The average Bonchev–Trinajstić information content (AvgIpc) is 2.21. The molecule has 0 saturated carbocycles. The summed E-state index contributed by atoms with van der Waals surface area (Å²) < 4.78 is 25.8. The summed E-state index contributed by atoms with van der Waals surface area (Å²) in [5.41, 5.74) is 14.0. The van der Waals surface area contributed by atoms with E-state index in [2.05, 4.69) is 9.98 Å². The van der Waals surface area contributed by atoms with Crippen molar-refractivity contribution >= 4 is 23.3 Å². The fourth-order valence-corrected chi connectivity index (χ4v) is 1.04. The number of nitrogens with zero attached hydrogens (tertiary/aromatic N) is 3. The second-order valence-corrected chi connectivity index (χ2v) is 3.02. The molecule has 0 bridgehead atoms. The molecular formula is C8H8F2N6O2. The molecule has 1 rings (SSSR count). The Labute approximate surface area is 99.0 Å². The van der Waals surface area contributed by atoms with Crippen LogP contribution in [0.15, 0.2) is 22.1 Å². The van der Waals surface area contributed by atoms with Crippen molar-refractivity contribution in [3.05, 3.63) is 33.9 Å². The molecule has 0 atom stereocenters. The first-order valence-electron chi connectivity index (χ1n) is 4.38. The SMILES string of the molecule is NC(N)=NC(N)=Nc1cc(F)c(F)cc1[N+](=O)[O-]. The highest BCUT2D eigenvalue weighted by Gasteiger charge is 2.18. The molecule has 6 N–H and O–H groups in total. The van der Waals surface area contributed by atoms with E-state index < -0.39 is 39.9 Å². The van der Waals surface area contributed by atoms with Crippen LogP contribution in [0.3, 0.4) is 0 Å². The molecule has 1 aromatic rings. The second kappa shape index (κ2) is 5.03. The highest BCUT2D eigenvalue weighted by atomic mass is 19.2. The van der Waals surface area contributed by atoms with Gasteiger partial charge in [-0.1, -0.05) is 0 Å². The van der Waals surface area contributed by atoms with E-state index in [1.165, 1.54) is 0 Å². The first-order valence-corrected chi connectivity index (χ1v) is 4.38. The maximum atomic E-state index is 12.9. The van der Waals surface area contributed by atoms with Gasteiger partial charge in [0.2, 0.25) is 5.96 Å². The predicted molar refractivity (Wildman–Crippen MR) is 60.1 cm³/mol. The minimum absolute atomic E-state index is 0.386. The molecule has 0 aromatic heterocycles. The molecule has 0 saturated heterocycles. The van der Waals surface area contributed by atoms with E-state index in [9.17, 15) is 18.9 Å². The number of aliphatic imine (C=N–C) groups is 2. The lowest BCUT2D eigenvalue weighted by atomic mass is 10.2. The molecule has 1 aromatic carbocycles. The van der Waals surface area contributed by atoms with Crippen LogP contribution >= 0.6 is 0 Å². The third-order valence-electron chi connectivity index (χ3n) is 1.69. The smallest absolute Gasteiger partial charge is 0.298 e. The summed E-state index contributed by atoms with van der Waals surface area (Å²) in [5, 5.41) is 10.6. The molecule has 0 aliphatic carbocycles. The monoisotopic (exact) mass is 258 g/mol. The molecule has 0 spiro atoms. The molecule has 0 radical (unpaired) electrons. The van der Waals surface area contributed by atoms with E-state index in [-0.39, 0.29) is 0 Å². The summed E-state index contributed by atoms with van der Waals surface area (Å²) in [7, 11) is 0. The van der Waals surface area contributed by atoms with Crippen molar-refractivity contribution in [2.45, 2.75) is 0 Å². The first kappa shape index (κ1) is 13.3. The van der Waals surface area contributed by atoms with Crippen molar-refractivity contribution in [1.29, 1.82) is 0 Å². The summed E-state index contributed by atoms with van der Waals surface area (Å²) in [5.74, 6) is -3.64. The highest BCUT2D eigenvalue weighted by molar-refractivity contribution is 5.94. The Morgan fingerprint density at radius 3 is 2.28 bits per heavy atom. The van der Waals surface area contributed by atoms with E-state index in [0.29, 0.717) is 12.1 Å². The summed E-state index contributed by atoms with van der Waals surface area (Å²) >= 11 is 0. The average molecular weight is 258 g/mol. The lowest BCUT2D eigenvalue weighted by Crippen LogP contribution is -2.26. The Morgan fingerprint density at radius 1 is 1.22 bits per heavy atom. The molecule has 96 valence electrons. The van der Waals surface area contributed by atoms with Crippen molar-refractivity contribution in [2.75, 3.05) is 0 Å². The van der Waals surface area contributed by atoms with Crippen LogP contribution in [-0.2, 0) is 0 Å². The van der Waals surface area contributed by atoms with Crippen LogP contribution in [0.5, 0.6) is 0 Å². The lowest BCUT2D eigenvalue weighted by Gasteiger charge is -2.00. The van der Waals surface area contributed by atoms with Crippen molar-refractivity contribution in [1.82, 2.24) is 0 Å². The van der Waals surface area contributed by atoms with Crippen LogP contribution in [-0.4, -0.2) is 16.8 Å². The van der Waals surface area contributed by atoms with Crippen LogP contribution in [0.1, 0.15) is 0 Å². The summed E-state index contributed by atoms with van der Waals surface area (Å²) in [6.45, 7) is 0. The fraction of sp³-hybridized carbons (Fsp3) is 0. The minimum atomic E-state index is -1.37. The molecule has 0 aliphatic rings. The quantitative estimate of drug-likeness (QED) is 0.298. The van der Waals surface area contributed by atoms with Gasteiger partial charge < -0.3 is 17.2 Å². The fourth-order valence-electron chi connectivity index (χ4n) is 1.04. The molecule has 0 amide bonds. The molecule has 0 fully saturated rings. The van der Waals surface area contributed by atoms with Gasteiger partial charge in [0.15, 0.2) is 17.6 Å². The Kier molecular flexibility index (Phi) is 3.72. The second-order valence-electron chi connectivity index (χ2n) is 3.02. The van der Waals surface area contributed by atoms with Crippen LogP contribution in [0.4, 0.5) is 20.2 Å². The Hall–Kier alpha value is -2.78. The van der Waals surface area contributed by atoms with Crippen LogP contribution in [0.2, 0.25) is 0 Å². The van der Waals surface area contributed by atoms with Gasteiger partial charge >= 0.3 is 0 Å². The van der Waals surface area contributed by atoms with Gasteiger partial charge in [0.05, 0.1) is 11.0 Å². The van der Waals surface area contributed by atoms with Crippen molar-refractivity contribution in [3.8, 4) is 0 Å². The Balaban J connectivity index is 3.36. The molecular weight excluding hydrogens is 250 g/mol. The van der Waals surface area contributed by atoms with E-state index >= 15 is 0 Å². The van der Waals surface area contributed by atoms with Crippen LogP contribution in [0, 0.1) is 21.7 Å². The van der Waals surface area contributed by atoms with Crippen molar-refractivity contribution in [3.63, 3.8) is 0 Å². The van der Waals surface area contributed by atoms with Crippen LogP contribution in [0.25, 0.3) is 0 Å². The van der Waals surface area contributed by atoms with Gasteiger partial charge in [-0.3, -0.25) is 10.1 Å². The lowest BCUT2D eigenvalue weighted by molar-refractivity contribution is -0.384. The van der Waals surface area contributed by atoms with Gasteiger partial charge in [0, 0.05) is 6.07 Å². The molecule has 0 heterocycles. The Bertz CT molecular complexity index is 553. The van der Waals surface area contributed by atoms with Gasteiger partial charge in [-0.25, -0.2) is 13.8 Å². The zero-order chi connectivity index (χ0) is 13.9. The number of benzene rings is 1. The van der Waals surface area contributed by atoms with Gasteiger partial charge in [0.25, 0.3) is 5.69 Å². The van der Waals surface area contributed by atoms with Gasteiger partial charge in [-0.2, -0.15) is 4.99 Å². The maximum Gasteiger partial charge on any atom is 0.298 e. The number of halogens is 2. The zero-order valence-corrected chi connectivity index (χ0v) is 8.80. The van der Waals surface area contributed by atoms with E-state index in [4.69, 9.17) is 17.2 Å². The minimum Gasteiger partial charge on any atom is -0.370 e. The van der Waals surface area contributed by atoms with Gasteiger partial charge in [-0.15, -0.1) is 0 Å². The maximum absolute atomic E-state index is 12.9. The Morgan fingerprint density at radius 2 is 1.78 bits per heavy atom. The summed E-state index contributed by atoms with van der Waals surface area (Å²) in [4.78, 5) is 16.4. The number of hydrogen-bond acceptors (Lipinski definition) is 3. The standard InChI is InChI=1S/C8H8F2N6O2/c9-3-1-5(14-8(13)15-7(11)12)6(16(17)18)2-4(3)10/h1-2H,(H6,11,12,13,14,15). The molecule has 8 nitrogen and oxygen atoms in total. The molecule has 0 unspecified atom stereocenters. The van der Waals surface area contributed by atoms with E-state index in [1.807, 2.05) is 0 Å².